The average Bonchev–Trinajstić information content (AvgIpc) is 2.40. The van der Waals surface area contributed by atoms with E-state index in [9.17, 15) is 9.59 Å². The summed E-state index contributed by atoms with van der Waals surface area (Å²) in [7, 11) is 1.44. The molecule has 1 heterocycles. The standard InChI is InChI=1S/C12H13ClN2O4/c1-3-19-12(17)8(7-16)5-14-9-4-10(13)11(18-2)15-6-9/h4-8H,3H2,1-2H3. The average molecular weight is 285 g/mol. The van der Waals surface area contributed by atoms with Gasteiger partial charge in [0.2, 0.25) is 5.88 Å². The molecular formula is C12H13ClN2O4. The first-order valence-corrected chi connectivity index (χ1v) is 5.85. The van der Waals surface area contributed by atoms with Crippen molar-refractivity contribution >= 4 is 35.8 Å². The van der Waals surface area contributed by atoms with Crippen LogP contribution in [-0.4, -0.2) is 37.2 Å². The number of halogens is 1. The van der Waals surface area contributed by atoms with Gasteiger partial charge in [0, 0.05) is 6.21 Å². The first kappa shape index (κ1) is 15.1. The maximum absolute atomic E-state index is 11.4. The van der Waals surface area contributed by atoms with Crippen LogP contribution in [0.2, 0.25) is 5.02 Å². The summed E-state index contributed by atoms with van der Waals surface area (Å²) in [6.07, 6.45) is 3.05. The molecule has 1 aromatic heterocycles. The Morgan fingerprint density at radius 3 is 2.89 bits per heavy atom. The summed E-state index contributed by atoms with van der Waals surface area (Å²) in [5.74, 6) is -1.41. The molecule has 1 aromatic rings. The van der Waals surface area contributed by atoms with Crippen molar-refractivity contribution in [2.24, 2.45) is 10.9 Å². The third-order valence-corrected chi connectivity index (χ3v) is 2.35. The molecule has 0 bridgehead atoms. The molecule has 0 saturated carbocycles. The molecule has 0 N–H and O–H groups in total. The second-order valence-corrected chi connectivity index (χ2v) is 3.78. The van der Waals surface area contributed by atoms with E-state index in [1.807, 2.05) is 0 Å². The van der Waals surface area contributed by atoms with Gasteiger partial charge in [0.25, 0.3) is 0 Å². The first-order chi connectivity index (χ1) is 9.12. The van der Waals surface area contributed by atoms with E-state index >= 15 is 0 Å². The first-order valence-electron chi connectivity index (χ1n) is 5.48. The van der Waals surface area contributed by atoms with Crippen LogP contribution in [0.5, 0.6) is 5.88 Å². The van der Waals surface area contributed by atoms with E-state index in [-0.39, 0.29) is 17.5 Å². The summed E-state index contributed by atoms with van der Waals surface area (Å²) in [4.78, 5) is 30.0. The fourth-order valence-electron chi connectivity index (χ4n) is 1.19. The fraction of sp³-hybridized carbons (Fsp3) is 0.333. The van der Waals surface area contributed by atoms with Gasteiger partial charge in [-0.15, -0.1) is 0 Å². The van der Waals surface area contributed by atoms with Gasteiger partial charge in [-0.05, 0) is 13.0 Å². The zero-order valence-corrected chi connectivity index (χ0v) is 11.3. The monoisotopic (exact) mass is 284 g/mol. The number of aromatic nitrogens is 1. The Hall–Kier alpha value is -1.95. The van der Waals surface area contributed by atoms with Crippen LogP contribution in [-0.2, 0) is 14.3 Å². The zero-order chi connectivity index (χ0) is 14.3. The summed E-state index contributed by atoms with van der Waals surface area (Å²) >= 11 is 5.87. The molecule has 0 aliphatic rings. The van der Waals surface area contributed by atoms with E-state index in [1.54, 1.807) is 6.92 Å². The number of hydrogen-bond acceptors (Lipinski definition) is 6. The smallest absolute Gasteiger partial charge is 0.321 e. The summed E-state index contributed by atoms with van der Waals surface area (Å²) in [5, 5.41) is 0.288. The van der Waals surface area contributed by atoms with Gasteiger partial charge in [-0.3, -0.25) is 9.79 Å². The maximum atomic E-state index is 11.4. The number of methoxy groups -OCH3 is 1. The van der Waals surface area contributed by atoms with Crippen molar-refractivity contribution in [3.05, 3.63) is 17.3 Å². The highest BCUT2D eigenvalue weighted by Crippen LogP contribution is 2.25. The molecular weight excluding hydrogens is 272 g/mol. The maximum Gasteiger partial charge on any atom is 0.321 e. The highest BCUT2D eigenvalue weighted by molar-refractivity contribution is 6.32. The number of pyridine rings is 1. The van der Waals surface area contributed by atoms with Crippen LogP contribution in [0.1, 0.15) is 6.92 Å². The number of hydrogen-bond donors (Lipinski definition) is 0. The van der Waals surface area contributed by atoms with Crippen LogP contribution in [0.4, 0.5) is 5.69 Å². The summed E-state index contributed by atoms with van der Waals surface area (Å²) in [6, 6.07) is 1.51. The Labute approximate surface area is 115 Å². The van der Waals surface area contributed by atoms with Gasteiger partial charge in [-0.25, -0.2) is 4.98 Å². The zero-order valence-electron chi connectivity index (χ0n) is 10.5. The van der Waals surface area contributed by atoms with E-state index in [2.05, 4.69) is 9.98 Å². The summed E-state index contributed by atoms with van der Waals surface area (Å²) < 4.78 is 9.61. The van der Waals surface area contributed by atoms with Gasteiger partial charge in [-0.2, -0.15) is 0 Å². The van der Waals surface area contributed by atoms with Crippen LogP contribution in [0.25, 0.3) is 0 Å². The van der Waals surface area contributed by atoms with Crippen molar-refractivity contribution in [3.63, 3.8) is 0 Å². The van der Waals surface area contributed by atoms with Crippen LogP contribution in [0.15, 0.2) is 17.3 Å². The Balaban J connectivity index is 2.82. The molecule has 0 aliphatic heterocycles. The lowest BCUT2D eigenvalue weighted by molar-refractivity contribution is -0.146. The predicted molar refractivity (Wildman–Crippen MR) is 70.1 cm³/mol. The second kappa shape index (κ2) is 7.48. The Morgan fingerprint density at radius 1 is 1.63 bits per heavy atom. The molecule has 0 amide bonds. The van der Waals surface area contributed by atoms with E-state index in [0.717, 1.165) is 0 Å². The van der Waals surface area contributed by atoms with Gasteiger partial charge in [0.1, 0.15) is 17.2 Å². The molecule has 1 unspecified atom stereocenters. The lowest BCUT2D eigenvalue weighted by Gasteiger charge is -2.04. The molecule has 102 valence electrons. The summed E-state index contributed by atoms with van der Waals surface area (Å²) in [6.45, 7) is 1.86. The number of aldehydes is 1. The van der Waals surface area contributed by atoms with E-state index in [0.29, 0.717) is 12.0 Å². The normalized spacial score (nSPS) is 12.2. The SMILES string of the molecule is CCOC(=O)C(C=O)C=Nc1cnc(OC)c(Cl)c1. The largest absolute Gasteiger partial charge is 0.480 e. The fourth-order valence-corrected chi connectivity index (χ4v) is 1.43. The summed E-state index contributed by atoms with van der Waals surface area (Å²) in [5.41, 5.74) is 0.405. The van der Waals surface area contributed by atoms with Gasteiger partial charge in [-0.1, -0.05) is 11.6 Å². The van der Waals surface area contributed by atoms with E-state index < -0.39 is 11.9 Å². The predicted octanol–water partition coefficient (Wildman–Crippen LogP) is 1.82. The van der Waals surface area contributed by atoms with E-state index in [1.165, 1.54) is 25.6 Å². The topological polar surface area (TPSA) is 77.9 Å². The number of esters is 1. The van der Waals surface area contributed by atoms with Gasteiger partial charge in [0.05, 0.1) is 25.6 Å². The molecule has 7 heteroatoms. The highest BCUT2D eigenvalue weighted by atomic mass is 35.5. The molecule has 0 spiro atoms. The number of carbonyl (C=O) groups is 2. The molecule has 6 nitrogen and oxygen atoms in total. The third kappa shape index (κ3) is 4.33. The Morgan fingerprint density at radius 2 is 2.37 bits per heavy atom. The number of nitrogens with zero attached hydrogens (tertiary/aromatic N) is 2. The minimum absolute atomic E-state index is 0.201. The Kier molecular flexibility index (Phi) is 5.95. The molecule has 0 aromatic carbocycles. The molecule has 1 atom stereocenters. The van der Waals surface area contributed by atoms with Crippen molar-refractivity contribution in [2.45, 2.75) is 6.92 Å². The minimum atomic E-state index is -1.04. The molecule has 1 rings (SSSR count). The molecule has 0 saturated heterocycles. The Bertz CT molecular complexity index is 491. The number of carbonyl (C=O) groups excluding carboxylic acids is 2. The molecule has 0 radical (unpaired) electrons. The number of rotatable bonds is 6. The highest BCUT2D eigenvalue weighted by Gasteiger charge is 2.16. The second-order valence-electron chi connectivity index (χ2n) is 3.38. The quantitative estimate of drug-likeness (QED) is 0.345. The van der Waals surface area contributed by atoms with Crippen molar-refractivity contribution in [3.8, 4) is 5.88 Å². The van der Waals surface area contributed by atoms with Crippen LogP contribution < -0.4 is 4.74 Å². The van der Waals surface area contributed by atoms with Crippen LogP contribution in [0, 0.1) is 5.92 Å². The van der Waals surface area contributed by atoms with Crippen LogP contribution in [0.3, 0.4) is 0 Å². The van der Waals surface area contributed by atoms with E-state index in [4.69, 9.17) is 21.1 Å². The van der Waals surface area contributed by atoms with Gasteiger partial charge < -0.3 is 14.3 Å². The molecule has 19 heavy (non-hydrogen) atoms. The van der Waals surface area contributed by atoms with Crippen molar-refractivity contribution in [1.82, 2.24) is 4.98 Å². The van der Waals surface area contributed by atoms with Crippen molar-refractivity contribution in [2.75, 3.05) is 13.7 Å². The lowest BCUT2D eigenvalue weighted by Crippen LogP contribution is -2.20. The number of aliphatic imine (C=N–C) groups is 1. The van der Waals surface area contributed by atoms with Gasteiger partial charge >= 0.3 is 5.97 Å². The lowest BCUT2D eigenvalue weighted by atomic mass is 10.2. The van der Waals surface area contributed by atoms with Gasteiger partial charge in [0.15, 0.2) is 0 Å². The number of ether oxygens (including phenoxy) is 2. The van der Waals surface area contributed by atoms with Crippen molar-refractivity contribution in [1.29, 1.82) is 0 Å². The van der Waals surface area contributed by atoms with Crippen molar-refractivity contribution < 1.29 is 19.1 Å². The molecule has 0 aliphatic carbocycles. The van der Waals surface area contributed by atoms with Crippen LogP contribution >= 0.6 is 11.6 Å². The molecule has 0 fully saturated rings. The third-order valence-electron chi connectivity index (χ3n) is 2.08. The minimum Gasteiger partial charge on any atom is -0.480 e.